The monoisotopic (exact) mass is 449 g/mol. The molecule has 0 spiro atoms. The molecule has 1 aliphatic rings. The smallest absolute Gasteiger partial charge is 0.263 e. The van der Waals surface area contributed by atoms with E-state index in [2.05, 4.69) is 24.9 Å². The van der Waals surface area contributed by atoms with E-state index in [-0.39, 0.29) is 10.7 Å². The summed E-state index contributed by atoms with van der Waals surface area (Å²) in [4.78, 5) is 11.7. The minimum atomic E-state index is -3.79. The van der Waals surface area contributed by atoms with Crippen molar-refractivity contribution in [1.82, 2.24) is 25.0 Å². The van der Waals surface area contributed by atoms with Gasteiger partial charge < -0.3 is 4.90 Å². The first-order valence-corrected chi connectivity index (χ1v) is 12.0. The van der Waals surface area contributed by atoms with Gasteiger partial charge in [-0.05, 0) is 43.0 Å². The van der Waals surface area contributed by atoms with Gasteiger partial charge in [-0.2, -0.15) is 0 Å². The lowest BCUT2D eigenvalue weighted by Crippen LogP contribution is -2.36. The molecular formula is C22H23N7O2S. The quantitative estimate of drug-likeness (QED) is 0.482. The van der Waals surface area contributed by atoms with Crippen LogP contribution in [0, 0.1) is 5.92 Å². The summed E-state index contributed by atoms with van der Waals surface area (Å²) in [6, 6.07) is 15.8. The average molecular weight is 450 g/mol. The number of benzene rings is 2. The summed E-state index contributed by atoms with van der Waals surface area (Å²) in [6.07, 6.45) is 5.45. The molecule has 0 atom stereocenters. The van der Waals surface area contributed by atoms with Crippen molar-refractivity contribution < 1.29 is 8.42 Å². The lowest BCUT2D eigenvalue weighted by molar-refractivity contribution is 0.338. The maximum Gasteiger partial charge on any atom is 0.263 e. The number of rotatable bonds is 6. The Balaban J connectivity index is 1.43. The van der Waals surface area contributed by atoms with Crippen LogP contribution in [0.25, 0.3) is 11.0 Å². The molecule has 2 aromatic carbocycles. The number of sulfonamides is 1. The Morgan fingerprint density at radius 1 is 0.938 bits per heavy atom. The van der Waals surface area contributed by atoms with Gasteiger partial charge in [0.25, 0.3) is 10.0 Å². The number of hydrogen-bond donors (Lipinski definition) is 1. The van der Waals surface area contributed by atoms with E-state index in [9.17, 15) is 8.42 Å². The Labute approximate surface area is 186 Å². The Kier molecular flexibility index (Phi) is 5.44. The van der Waals surface area contributed by atoms with Crippen molar-refractivity contribution in [3.05, 3.63) is 67.0 Å². The maximum absolute atomic E-state index is 13.0. The van der Waals surface area contributed by atoms with Gasteiger partial charge in [0.05, 0.1) is 22.1 Å². The second-order valence-corrected chi connectivity index (χ2v) is 9.54. The molecule has 9 nitrogen and oxygen atoms in total. The van der Waals surface area contributed by atoms with Crippen molar-refractivity contribution in [2.24, 2.45) is 5.92 Å². The minimum absolute atomic E-state index is 0.187. The van der Waals surface area contributed by atoms with Crippen molar-refractivity contribution in [1.29, 1.82) is 0 Å². The summed E-state index contributed by atoms with van der Waals surface area (Å²) in [5.41, 5.74) is 1.37. The summed E-state index contributed by atoms with van der Waals surface area (Å²) in [5, 5.41) is 7.93. The topological polar surface area (TPSA) is 106 Å². The van der Waals surface area contributed by atoms with Crippen LogP contribution >= 0.6 is 0 Å². The van der Waals surface area contributed by atoms with E-state index in [0.29, 0.717) is 17.3 Å². The van der Waals surface area contributed by atoms with Crippen LogP contribution in [-0.2, 0) is 16.6 Å². The normalized spacial score (nSPS) is 15.2. The number of hydrogen-bond acceptors (Lipinski definition) is 7. The molecule has 1 saturated heterocycles. The summed E-state index contributed by atoms with van der Waals surface area (Å²) in [6.45, 7) is 2.34. The van der Waals surface area contributed by atoms with Gasteiger partial charge >= 0.3 is 0 Å². The molecule has 3 heterocycles. The highest BCUT2D eigenvalue weighted by atomic mass is 32.2. The average Bonchev–Trinajstić information content (AvgIpc) is 3.33. The molecule has 2 aromatic heterocycles. The van der Waals surface area contributed by atoms with E-state index in [4.69, 9.17) is 4.98 Å². The third-order valence-electron chi connectivity index (χ3n) is 5.67. The Morgan fingerprint density at radius 2 is 1.62 bits per heavy atom. The molecule has 1 N–H and O–H groups in total. The van der Waals surface area contributed by atoms with Crippen LogP contribution < -0.4 is 9.62 Å². The number of fused-ring (bicyclic) bond motifs is 1. The Bertz CT molecular complexity index is 1300. The number of aromatic nitrogens is 5. The van der Waals surface area contributed by atoms with Crippen molar-refractivity contribution in [3.63, 3.8) is 0 Å². The molecule has 1 aliphatic heterocycles. The van der Waals surface area contributed by atoms with Gasteiger partial charge in [0.15, 0.2) is 11.6 Å². The molecule has 0 aliphatic carbocycles. The van der Waals surface area contributed by atoms with Crippen molar-refractivity contribution >= 4 is 32.7 Å². The summed E-state index contributed by atoms with van der Waals surface area (Å²) in [7, 11) is -3.79. The molecule has 32 heavy (non-hydrogen) atoms. The Hall–Kier alpha value is -3.53. The first kappa shape index (κ1) is 20.4. The van der Waals surface area contributed by atoms with Crippen molar-refractivity contribution in [2.75, 3.05) is 22.7 Å². The number of anilines is 2. The van der Waals surface area contributed by atoms with Crippen LogP contribution in [0.1, 0.15) is 12.8 Å². The summed E-state index contributed by atoms with van der Waals surface area (Å²) in [5.74, 6) is 1.29. The molecule has 1 fully saturated rings. The summed E-state index contributed by atoms with van der Waals surface area (Å²) < 4.78 is 30.5. The largest absolute Gasteiger partial charge is 0.353 e. The van der Waals surface area contributed by atoms with Crippen molar-refractivity contribution in [3.8, 4) is 0 Å². The highest BCUT2D eigenvalue weighted by molar-refractivity contribution is 7.92. The van der Waals surface area contributed by atoms with Crippen LogP contribution in [-0.4, -0.2) is 46.5 Å². The third kappa shape index (κ3) is 4.26. The molecule has 0 saturated carbocycles. The molecule has 10 heteroatoms. The molecule has 164 valence electrons. The van der Waals surface area contributed by atoms with E-state index in [0.717, 1.165) is 38.0 Å². The summed E-state index contributed by atoms with van der Waals surface area (Å²) >= 11 is 0. The highest BCUT2D eigenvalue weighted by Crippen LogP contribution is 2.30. The highest BCUT2D eigenvalue weighted by Gasteiger charge is 2.26. The van der Waals surface area contributed by atoms with Gasteiger partial charge in [-0.1, -0.05) is 35.5 Å². The van der Waals surface area contributed by atoms with Crippen LogP contribution in [0.3, 0.4) is 0 Å². The van der Waals surface area contributed by atoms with E-state index in [1.807, 2.05) is 35.1 Å². The van der Waals surface area contributed by atoms with Gasteiger partial charge in [0, 0.05) is 25.8 Å². The number of para-hydroxylation sites is 2. The van der Waals surface area contributed by atoms with E-state index >= 15 is 0 Å². The molecule has 4 aromatic rings. The van der Waals surface area contributed by atoms with E-state index < -0.39 is 10.0 Å². The van der Waals surface area contributed by atoms with Crippen LogP contribution in [0.15, 0.2) is 71.9 Å². The van der Waals surface area contributed by atoms with Crippen LogP contribution in [0.2, 0.25) is 0 Å². The molecule has 0 unspecified atom stereocenters. The molecule has 0 amide bonds. The first-order valence-electron chi connectivity index (χ1n) is 10.5. The van der Waals surface area contributed by atoms with Gasteiger partial charge in [0.1, 0.15) is 0 Å². The standard InChI is InChI=1S/C22H23N7O2S/c30-32(31,18-6-2-1-3-7-18)26-21-22(25-20-9-5-4-8-19(20)24-21)28-13-10-17(11-14-28)16-29-15-12-23-27-29/h1-9,12,15,17H,10-11,13-14,16H2,(H,24,26). The molecule has 0 bridgehead atoms. The van der Waals surface area contributed by atoms with E-state index in [1.165, 1.54) is 0 Å². The predicted molar refractivity (Wildman–Crippen MR) is 122 cm³/mol. The number of nitrogens with one attached hydrogen (secondary N) is 1. The van der Waals surface area contributed by atoms with E-state index in [1.54, 1.807) is 36.5 Å². The predicted octanol–water partition coefficient (Wildman–Crippen LogP) is 2.94. The van der Waals surface area contributed by atoms with Gasteiger partial charge in [-0.15, -0.1) is 5.10 Å². The Morgan fingerprint density at radius 3 is 2.31 bits per heavy atom. The minimum Gasteiger partial charge on any atom is -0.353 e. The first-order chi connectivity index (χ1) is 15.6. The second-order valence-electron chi connectivity index (χ2n) is 7.86. The molecule has 0 radical (unpaired) electrons. The lowest BCUT2D eigenvalue weighted by atomic mass is 9.97. The van der Waals surface area contributed by atoms with Crippen LogP contribution in [0.5, 0.6) is 0 Å². The third-order valence-corrected chi connectivity index (χ3v) is 7.02. The zero-order valence-electron chi connectivity index (χ0n) is 17.4. The molecule has 5 rings (SSSR count). The second kappa shape index (κ2) is 8.54. The van der Waals surface area contributed by atoms with Crippen LogP contribution in [0.4, 0.5) is 11.6 Å². The maximum atomic E-state index is 13.0. The van der Waals surface area contributed by atoms with Gasteiger partial charge in [-0.25, -0.2) is 18.4 Å². The van der Waals surface area contributed by atoms with Gasteiger partial charge in [-0.3, -0.25) is 9.40 Å². The number of piperidine rings is 1. The fourth-order valence-electron chi connectivity index (χ4n) is 3.99. The number of nitrogens with zero attached hydrogens (tertiary/aromatic N) is 6. The van der Waals surface area contributed by atoms with Gasteiger partial charge in [0.2, 0.25) is 0 Å². The SMILES string of the molecule is O=S(=O)(Nc1nc2ccccc2nc1N1CCC(Cn2ccnn2)CC1)c1ccccc1. The zero-order valence-corrected chi connectivity index (χ0v) is 18.2. The fraction of sp³-hybridized carbons (Fsp3) is 0.273. The fourth-order valence-corrected chi connectivity index (χ4v) is 5.01. The zero-order chi connectivity index (χ0) is 22.0. The molecular weight excluding hydrogens is 426 g/mol. The lowest BCUT2D eigenvalue weighted by Gasteiger charge is -2.33. The van der Waals surface area contributed by atoms with Crippen molar-refractivity contribution in [2.45, 2.75) is 24.3 Å².